The highest BCUT2D eigenvalue weighted by molar-refractivity contribution is 7.99. The van der Waals surface area contributed by atoms with Gasteiger partial charge in [-0.1, -0.05) is 6.92 Å². The van der Waals surface area contributed by atoms with Crippen molar-refractivity contribution >= 4 is 17.7 Å². The van der Waals surface area contributed by atoms with E-state index in [1.54, 1.807) is 0 Å². The fourth-order valence-electron chi connectivity index (χ4n) is 0.836. The predicted molar refractivity (Wildman–Crippen MR) is 59.2 cm³/mol. The summed E-state index contributed by atoms with van der Waals surface area (Å²) in [6.07, 6.45) is 1.79. The highest BCUT2D eigenvalue weighted by Gasteiger charge is 1.97. The van der Waals surface area contributed by atoms with Gasteiger partial charge < -0.3 is 10.6 Å². The zero-order valence-corrected chi connectivity index (χ0v) is 9.38. The van der Waals surface area contributed by atoms with Crippen LogP contribution in [0.2, 0.25) is 0 Å². The highest BCUT2D eigenvalue weighted by atomic mass is 32.2. The first-order chi connectivity index (χ1) is 6.31. The topological polar surface area (TPSA) is 41.1 Å². The van der Waals surface area contributed by atoms with Crippen LogP contribution in [-0.4, -0.2) is 37.6 Å². The van der Waals surface area contributed by atoms with Gasteiger partial charge in [0.1, 0.15) is 0 Å². The first-order valence-corrected chi connectivity index (χ1v) is 5.95. The maximum atomic E-state index is 11.1. The molecule has 4 heteroatoms. The Morgan fingerprint density at radius 1 is 1.31 bits per heavy atom. The molecular formula is C9H20N2OS. The summed E-state index contributed by atoms with van der Waals surface area (Å²) in [5.41, 5.74) is 0. The third-order valence-corrected chi connectivity index (χ3v) is 2.71. The summed E-state index contributed by atoms with van der Waals surface area (Å²) in [5.74, 6) is 2.36. The summed E-state index contributed by atoms with van der Waals surface area (Å²) in [4.78, 5) is 11.1. The first-order valence-electron chi connectivity index (χ1n) is 4.80. The van der Waals surface area contributed by atoms with E-state index in [2.05, 4.69) is 17.6 Å². The average molecular weight is 204 g/mol. The maximum absolute atomic E-state index is 11.1. The molecule has 3 nitrogen and oxygen atoms in total. The van der Waals surface area contributed by atoms with Crippen molar-refractivity contribution in [1.82, 2.24) is 10.6 Å². The third-order valence-electron chi connectivity index (χ3n) is 1.52. The lowest BCUT2D eigenvalue weighted by atomic mass is 10.4. The molecule has 0 aromatic heterocycles. The van der Waals surface area contributed by atoms with Crippen LogP contribution in [0.15, 0.2) is 0 Å². The van der Waals surface area contributed by atoms with E-state index in [-0.39, 0.29) is 5.91 Å². The molecule has 0 bridgehead atoms. The summed E-state index contributed by atoms with van der Waals surface area (Å²) in [6.45, 7) is 3.72. The summed E-state index contributed by atoms with van der Waals surface area (Å²) in [7, 11) is 1.85. The van der Waals surface area contributed by atoms with Crippen LogP contribution in [0.5, 0.6) is 0 Å². The summed E-state index contributed by atoms with van der Waals surface area (Å²) in [6, 6.07) is 0. The van der Waals surface area contributed by atoms with Crippen LogP contribution < -0.4 is 10.6 Å². The Hall–Kier alpha value is -0.220. The van der Waals surface area contributed by atoms with Crippen molar-refractivity contribution in [2.24, 2.45) is 0 Å². The van der Waals surface area contributed by atoms with E-state index >= 15 is 0 Å². The lowest BCUT2D eigenvalue weighted by molar-refractivity contribution is -0.120. The van der Waals surface area contributed by atoms with Crippen molar-refractivity contribution in [3.05, 3.63) is 0 Å². The number of carbonyl (C=O) groups excluding carboxylic acids is 1. The number of nitrogens with one attached hydrogen (secondary N) is 2. The van der Waals surface area contributed by atoms with Crippen LogP contribution in [0.25, 0.3) is 0 Å². The summed E-state index contributed by atoms with van der Waals surface area (Å²) in [5, 5.41) is 5.82. The van der Waals surface area contributed by atoms with E-state index in [0.29, 0.717) is 6.42 Å². The van der Waals surface area contributed by atoms with Crippen molar-refractivity contribution in [2.75, 3.05) is 31.6 Å². The van der Waals surface area contributed by atoms with Gasteiger partial charge in [-0.15, -0.1) is 0 Å². The first kappa shape index (κ1) is 12.8. The molecule has 0 atom stereocenters. The Labute approximate surface area is 85.0 Å². The van der Waals surface area contributed by atoms with Gasteiger partial charge in [0.05, 0.1) is 0 Å². The van der Waals surface area contributed by atoms with E-state index in [4.69, 9.17) is 0 Å². The van der Waals surface area contributed by atoms with Gasteiger partial charge in [0.25, 0.3) is 0 Å². The van der Waals surface area contributed by atoms with Crippen LogP contribution in [-0.2, 0) is 4.79 Å². The van der Waals surface area contributed by atoms with Crippen molar-refractivity contribution in [3.63, 3.8) is 0 Å². The fraction of sp³-hybridized carbons (Fsp3) is 0.889. The molecule has 0 spiro atoms. The standard InChI is InChI=1S/C9H20N2OS/c1-3-7-13-8-6-11-9(12)4-5-10-2/h10H,3-8H2,1-2H3,(H,11,12). The van der Waals surface area contributed by atoms with Crippen LogP contribution in [0, 0.1) is 0 Å². The van der Waals surface area contributed by atoms with Gasteiger partial charge in [-0.05, 0) is 19.2 Å². The molecule has 0 aliphatic rings. The second kappa shape index (κ2) is 9.86. The van der Waals surface area contributed by atoms with Gasteiger partial charge in [-0.2, -0.15) is 11.8 Å². The van der Waals surface area contributed by atoms with E-state index < -0.39 is 0 Å². The monoisotopic (exact) mass is 204 g/mol. The lowest BCUT2D eigenvalue weighted by Gasteiger charge is -2.03. The quantitative estimate of drug-likeness (QED) is 0.576. The zero-order chi connectivity index (χ0) is 9.94. The number of rotatable bonds is 8. The smallest absolute Gasteiger partial charge is 0.221 e. The Balaban J connectivity index is 3.08. The van der Waals surface area contributed by atoms with E-state index in [1.165, 1.54) is 12.2 Å². The Bertz CT molecular complexity index is 131. The van der Waals surface area contributed by atoms with Crippen molar-refractivity contribution < 1.29 is 4.79 Å². The molecular weight excluding hydrogens is 184 g/mol. The zero-order valence-electron chi connectivity index (χ0n) is 8.56. The largest absolute Gasteiger partial charge is 0.355 e. The number of hydrogen-bond acceptors (Lipinski definition) is 3. The molecule has 0 heterocycles. The summed E-state index contributed by atoms with van der Waals surface area (Å²) >= 11 is 1.89. The SMILES string of the molecule is CCCSCCNC(=O)CCNC. The molecule has 0 radical (unpaired) electrons. The highest BCUT2D eigenvalue weighted by Crippen LogP contribution is 1.99. The second-order valence-electron chi connectivity index (χ2n) is 2.82. The average Bonchev–Trinajstić information content (AvgIpc) is 2.14. The Morgan fingerprint density at radius 3 is 2.69 bits per heavy atom. The van der Waals surface area contributed by atoms with Gasteiger partial charge in [0, 0.05) is 25.3 Å². The molecule has 0 aromatic rings. The van der Waals surface area contributed by atoms with Crippen LogP contribution in [0.3, 0.4) is 0 Å². The molecule has 13 heavy (non-hydrogen) atoms. The number of amides is 1. The molecule has 1 amide bonds. The molecule has 0 aromatic carbocycles. The lowest BCUT2D eigenvalue weighted by Crippen LogP contribution is -2.28. The van der Waals surface area contributed by atoms with E-state index in [1.807, 2.05) is 18.8 Å². The summed E-state index contributed by atoms with van der Waals surface area (Å²) < 4.78 is 0. The fourth-order valence-corrected chi connectivity index (χ4v) is 1.58. The maximum Gasteiger partial charge on any atom is 0.221 e. The number of hydrogen-bond donors (Lipinski definition) is 2. The molecule has 0 rings (SSSR count). The minimum absolute atomic E-state index is 0.145. The third kappa shape index (κ3) is 9.70. The molecule has 0 saturated carbocycles. The van der Waals surface area contributed by atoms with Gasteiger partial charge in [0.15, 0.2) is 0 Å². The molecule has 2 N–H and O–H groups in total. The number of thioether (sulfide) groups is 1. The van der Waals surface area contributed by atoms with E-state index in [0.717, 1.165) is 18.8 Å². The molecule has 0 unspecified atom stereocenters. The molecule has 0 aliphatic heterocycles. The van der Waals surface area contributed by atoms with Crippen molar-refractivity contribution in [1.29, 1.82) is 0 Å². The van der Waals surface area contributed by atoms with Crippen LogP contribution in [0.4, 0.5) is 0 Å². The van der Waals surface area contributed by atoms with Crippen molar-refractivity contribution in [2.45, 2.75) is 19.8 Å². The Kier molecular flexibility index (Phi) is 9.70. The van der Waals surface area contributed by atoms with Gasteiger partial charge >= 0.3 is 0 Å². The van der Waals surface area contributed by atoms with Crippen LogP contribution >= 0.6 is 11.8 Å². The molecule has 0 aliphatic carbocycles. The minimum atomic E-state index is 0.145. The second-order valence-corrected chi connectivity index (χ2v) is 4.04. The predicted octanol–water partition coefficient (Wildman–Crippen LogP) is 0.855. The Morgan fingerprint density at radius 2 is 2.08 bits per heavy atom. The van der Waals surface area contributed by atoms with Gasteiger partial charge in [0.2, 0.25) is 5.91 Å². The minimum Gasteiger partial charge on any atom is -0.355 e. The van der Waals surface area contributed by atoms with Gasteiger partial charge in [-0.3, -0.25) is 4.79 Å². The van der Waals surface area contributed by atoms with E-state index in [9.17, 15) is 4.79 Å². The van der Waals surface area contributed by atoms with Crippen LogP contribution in [0.1, 0.15) is 19.8 Å². The normalized spacial score (nSPS) is 10.0. The molecule has 0 fully saturated rings. The van der Waals surface area contributed by atoms with Gasteiger partial charge in [-0.25, -0.2) is 0 Å². The number of carbonyl (C=O) groups is 1. The molecule has 78 valence electrons. The van der Waals surface area contributed by atoms with Crippen molar-refractivity contribution in [3.8, 4) is 0 Å². The molecule has 0 saturated heterocycles.